The number of rotatable bonds is 2. The molecule has 3 aliphatic rings. The summed E-state index contributed by atoms with van der Waals surface area (Å²) in [4.78, 5) is 14.4. The predicted octanol–water partition coefficient (Wildman–Crippen LogP) is 3.45. The van der Waals surface area contributed by atoms with Crippen molar-refractivity contribution in [3.05, 3.63) is 17.0 Å². The molecule has 0 unspecified atom stereocenters. The van der Waals surface area contributed by atoms with Gasteiger partial charge in [0.05, 0.1) is 5.69 Å². The zero-order chi connectivity index (χ0) is 14.9. The Bertz CT molecular complexity index is 539. The van der Waals surface area contributed by atoms with E-state index in [1.54, 1.807) is 0 Å². The standard InChI is InChI=1S/C18H26N2O2/c21-18(14-5-4-6-14)20-11-9-13(10-12-20)17-15-7-2-1-3-8-16(15)19-22-17/h13-14H,1-12H2. The van der Waals surface area contributed by atoms with Crippen LogP contribution in [-0.2, 0) is 17.6 Å². The number of fused-ring (bicyclic) bond motifs is 1. The van der Waals surface area contributed by atoms with E-state index >= 15 is 0 Å². The molecule has 1 saturated carbocycles. The fourth-order valence-electron chi connectivity index (χ4n) is 4.19. The van der Waals surface area contributed by atoms with E-state index in [2.05, 4.69) is 10.1 Å². The summed E-state index contributed by atoms with van der Waals surface area (Å²) in [6, 6.07) is 0. The van der Waals surface area contributed by atoms with Crippen LogP contribution in [0, 0.1) is 5.92 Å². The minimum absolute atomic E-state index is 0.332. The van der Waals surface area contributed by atoms with Gasteiger partial charge in [-0.05, 0) is 51.4 Å². The molecule has 0 spiro atoms. The van der Waals surface area contributed by atoms with E-state index in [0.717, 1.165) is 57.4 Å². The van der Waals surface area contributed by atoms with Crippen LogP contribution >= 0.6 is 0 Å². The average molecular weight is 302 g/mol. The number of aryl methyl sites for hydroxylation is 1. The highest BCUT2D eigenvalue weighted by Gasteiger charge is 2.34. The van der Waals surface area contributed by atoms with Crippen LogP contribution in [0.4, 0.5) is 0 Å². The first-order chi connectivity index (χ1) is 10.8. The normalized spacial score (nSPS) is 23.7. The molecule has 22 heavy (non-hydrogen) atoms. The van der Waals surface area contributed by atoms with E-state index in [0.29, 0.717) is 17.7 Å². The number of nitrogens with zero attached hydrogens (tertiary/aromatic N) is 2. The minimum atomic E-state index is 0.332. The van der Waals surface area contributed by atoms with Crippen molar-refractivity contribution in [3.8, 4) is 0 Å². The molecule has 2 heterocycles. The van der Waals surface area contributed by atoms with E-state index in [-0.39, 0.29) is 0 Å². The number of hydrogen-bond donors (Lipinski definition) is 0. The third-order valence-electron chi connectivity index (χ3n) is 5.87. The molecule has 1 saturated heterocycles. The number of likely N-dealkylation sites (tertiary alicyclic amines) is 1. The van der Waals surface area contributed by atoms with Crippen molar-refractivity contribution in [1.29, 1.82) is 0 Å². The molecule has 1 aliphatic heterocycles. The molecular weight excluding hydrogens is 276 g/mol. The molecule has 120 valence electrons. The molecule has 0 bridgehead atoms. The first-order valence-corrected chi connectivity index (χ1v) is 9.09. The topological polar surface area (TPSA) is 46.3 Å². The molecule has 0 aromatic carbocycles. The molecule has 1 aromatic rings. The van der Waals surface area contributed by atoms with Crippen molar-refractivity contribution < 1.29 is 9.32 Å². The molecule has 0 N–H and O–H groups in total. The van der Waals surface area contributed by atoms with Gasteiger partial charge < -0.3 is 9.42 Å². The maximum absolute atomic E-state index is 12.3. The van der Waals surface area contributed by atoms with Crippen LogP contribution in [0.2, 0.25) is 0 Å². The Morgan fingerprint density at radius 3 is 2.50 bits per heavy atom. The van der Waals surface area contributed by atoms with Crippen LogP contribution in [-0.4, -0.2) is 29.1 Å². The Labute approximate surface area is 132 Å². The quantitative estimate of drug-likeness (QED) is 0.786. The summed E-state index contributed by atoms with van der Waals surface area (Å²) in [5.41, 5.74) is 2.61. The molecule has 1 aromatic heterocycles. The minimum Gasteiger partial charge on any atom is -0.361 e. The van der Waals surface area contributed by atoms with Gasteiger partial charge in [-0.3, -0.25) is 4.79 Å². The Hall–Kier alpha value is -1.32. The monoisotopic (exact) mass is 302 g/mol. The van der Waals surface area contributed by atoms with Crippen LogP contribution in [0.1, 0.15) is 74.3 Å². The molecule has 2 fully saturated rings. The van der Waals surface area contributed by atoms with Crippen molar-refractivity contribution in [1.82, 2.24) is 10.1 Å². The van der Waals surface area contributed by atoms with Crippen LogP contribution in [0.5, 0.6) is 0 Å². The molecule has 0 radical (unpaired) electrons. The van der Waals surface area contributed by atoms with Gasteiger partial charge in [-0.25, -0.2) is 0 Å². The van der Waals surface area contributed by atoms with Crippen molar-refractivity contribution in [3.63, 3.8) is 0 Å². The Balaban J connectivity index is 1.41. The van der Waals surface area contributed by atoms with E-state index in [1.165, 1.54) is 36.9 Å². The zero-order valence-corrected chi connectivity index (χ0v) is 13.4. The molecule has 2 aliphatic carbocycles. The summed E-state index contributed by atoms with van der Waals surface area (Å²) in [7, 11) is 0. The van der Waals surface area contributed by atoms with E-state index in [1.807, 2.05) is 0 Å². The van der Waals surface area contributed by atoms with Gasteiger partial charge in [0.1, 0.15) is 5.76 Å². The predicted molar refractivity (Wildman–Crippen MR) is 83.7 cm³/mol. The van der Waals surface area contributed by atoms with Gasteiger partial charge in [0.2, 0.25) is 5.91 Å². The fraction of sp³-hybridized carbons (Fsp3) is 0.778. The van der Waals surface area contributed by atoms with Gasteiger partial charge in [0.15, 0.2) is 0 Å². The smallest absolute Gasteiger partial charge is 0.225 e. The second-order valence-electron chi connectivity index (χ2n) is 7.26. The first-order valence-electron chi connectivity index (χ1n) is 9.09. The van der Waals surface area contributed by atoms with Crippen LogP contribution in [0.3, 0.4) is 0 Å². The van der Waals surface area contributed by atoms with E-state index in [9.17, 15) is 4.79 Å². The highest BCUT2D eigenvalue weighted by molar-refractivity contribution is 5.79. The van der Waals surface area contributed by atoms with Gasteiger partial charge in [-0.15, -0.1) is 0 Å². The van der Waals surface area contributed by atoms with Crippen molar-refractivity contribution >= 4 is 5.91 Å². The largest absolute Gasteiger partial charge is 0.361 e. The average Bonchev–Trinajstić information content (AvgIpc) is 2.74. The highest BCUT2D eigenvalue weighted by atomic mass is 16.5. The third-order valence-corrected chi connectivity index (χ3v) is 5.87. The Morgan fingerprint density at radius 1 is 1.00 bits per heavy atom. The molecule has 1 amide bonds. The summed E-state index contributed by atoms with van der Waals surface area (Å²) < 4.78 is 5.73. The second-order valence-corrected chi connectivity index (χ2v) is 7.26. The van der Waals surface area contributed by atoms with Gasteiger partial charge in [-0.2, -0.15) is 0 Å². The molecule has 4 heteroatoms. The first kappa shape index (κ1) is 14.3. The molecule has 4 rings (SSSR count). The summed E-state index contributed by atoms with van der Waals surface area (Å²) in [5.74, 6) is 2.35. The van der Waals surface area contributed by atoms with Crippen molar-refractivity contribution in [2.24, 2.45) is 5.92 Å². The van der Waals surface area contributed by atoms with Gasteiger partial charge in [-0.1, -0.05) is 18.0 Å². The highest BCUT2D eigenvalue weighted by Crippen LogP contribution is 2.36. The van der Waals surface area contributed by atoms with Gasteiger partial charge >= 0.3 is 0 Å². The SMILES string of the molecule is O=C(C1CCC1)N1CCC(c2onc3c2CCCCC3)CC1. The van der Waals surface area contributed by atoms with Crippen molar-refractivity contribution in [2.75, 3.05) is 13.1 Å². The molecule has 4 nitrogen and oxygen atoms in total. The number of carbonyl (C=O) groups excluding carboxylic acids is 1. The summed E-state index contributed by atoms with van der Waals surface area (Å²) in [6.45, 7) is 1.80. The van der Waals surface area contributed by atoms with Crippen LogP contribution < -0.4 is 0 Å². The molecular formula is C18H26N2O2. The lowest BCUT2D eigenvalue weighted by Crippen LogP contribution is -2.43. The molecule has 0 atom stereocenters. The number of amides is 1. The van der Waals surface area contributed by atoms with Gasteiger partial charge in [0.25, 0.3) is 0 Å². The van der Waals surface area contributed by atoms with Crippen LogP contribution in [0.25, 0.3) is 0 Å². The fourth-order valence-corrected chi connectivity index (χ4v) is 4.19. The second kappa shape index (κ2) is 6.05. The van der Waals surface area contributed by atoms with E-state index in [4.69, 9.17) is 4.52 Å². The lowest BCUT2D eigenvalue weighted by atomic mass is 9.83. The van der Waals surface area contributed by atoms with E-state index < -0.39 is 0 Å². The maximum Gasteiger partial charge on any atom is 0.225 e. The zero-order valence-electron chi connectivity index (χ0n) is 13.4. The number of hydrogen-bond acceptors (Lipinski definition) is 3. The Morgan fingerprint density at radius 2 is 1.77 bits per heavy atom. The van der Waals surface area contributed by atoms with Crippen LogP contribution in [0.15, 0.2) is 4.52 Å². The number of aromatic nitrogens is 1. The summed E-state index contributed by atoms with van der Waals surface area (Å²) in [5, 5.41) is 4.34. The van der Waals surface area contributed by atoms with Gasteiger partial charge in [0, 0.05) is 30.5 Å². The maximum atomic E-state index is 12.3. The number of piperidine rings is 1. The lowest BCUT2D eigenvalue weighted by molar-refractivity contribution is -0.139. The lowest BCUT2D eigenvalue weighted by Gasteiger charge is -2.36. The summed E-state index contributed by atoms with van der Waals surface area (Å²) >= 11 is 0. The third kappa shape index (κ3) is 2.57. The van der Waals surface area contributed by atoms with Crippen molar-refractivity contribution in [2.45, 2.75) is 70.1 Å². The Kier molecular flexibility index (Phi) is 3.93. The summed E-state index contributed by atoms with van der Waals surface area (Å²) in [6.07, 6.45) is 11.6. The number of carbonyl (C=O) groups is 1.